The highest BCUT2D eigenvalue weighted by atomic mass is 35.5. The van der Waals surface area contributed by atoms with Gasteiger partial charge in [-0.15, -0.1) is 11.8 Å². The van der Waals surface area contributed by atoms with Crippen LogP contribution in [0.1, 0.15) is 36.0 Å². The Morgan fingerprint density at radius 2 is 1.74 bits per heavy atom. The predicted octanol–water partition coefficient (Wildman–Crippen LogP) is 5.01. The number of thioether (sulfide) groups is 1. The minimum absolute atomic E-state index is 0.0299. The number of anilines is 1. The van der Waals surface area contributed by atoms with Gasteiger partial charge in [-0.3, -0.25) is 4.79 Å². The van der Waals surface area contributed by atoms with Crippen LogP contribution in [0.4, 0.5) is 18.9 Å². The van der Waals surface area contributed by atoms with Crippen LogP contribution in [0.5, 0.6) is 0 Å². The third-order valence-electron chi connectivity index (χ3n) is 6.35. The van der Waals surface area contributed by atoms with Crippen molar-refractivity contribution in [1.29, 1.82) is 0 Å². The van der Waals surface area contributed by atoms with Crippen LogP contribution < -0.4 is 5.32 Å². The van der Waals surface area contributed by atoms with Gasteiger partial charge in [-0.05, 0) is 55.7 Å². The van der Waals surface area contributed by atoms with Gasteiger partial charge in [-0.1, -0.05) is 11.6 Å². The molecule has 0 aromatic heterocycles. The molecule has 2 bridgehead atoms. The lowest BCUT2D eigenvalue weighted by Crippen LogP contribution is -2.48. The Labute approximate surface area is 186 Å². The van der Waals surface area contributed by atoms with Gasteiger partial charge in [0, 0.05) is 33.5 Å². The number of aliphatic hydroxyl groups is 2. The summed E-state index contributed by atoms with van der Waals surface area (Å²) in [7, 11) is 0. The van der Waals surface area contributed by atoms with Crippen LogP contribution in [0.15, 0.2) is 35.2 Å². The van der Waals surface area contributed by atoms with Crippen molar-refractivity contribution in [3.05, 3.63) is 58.4 Å². The zero-order valence-electron chi connectivity index (χ0n) is 16.4. The number of fused-ring (bicyclic) bond motifs is 2. The lowest BCUT2D eigenvalue weighted by molar-refractivity contribution is -0.0939. The molecule has 0 spiro atoms. The number of amides is 1. The van der Waals surface area contributed by atoms with Crippen molar-refractivity contribution in [3.63, 3.8) is 0 Å². The van der Waals surface area contributed by atoms with Crippen molar-refractivity contribution in [2.24, 2.45) is 11.8 Å². The van der Waals surface area contributed by atoms with Gasteiger partial charge < -0.3 is 15.5 Å². The molecule has 2 aromatic rings. The summed E-state index contributed by atoms with van der Waals surface area (Å²) >= 11 is 7.85. The number of hydrogen-bond acceptors (Lipinski definition) is 4. The largest absolute Gasteiger partial charge is 0.393 e. The monoisotopic (exact) mass is 471 g/mol. The Morgan fingerprint density at radius 1 is 1.13 bits per heavy atom. The molecule has 3 N–H and O–H groups in total. The molecule has 2 fully saturated rings. The maximum absolute atomic E-state index is 13.4. The maximum Gasteiger partial charge on any atom is 0.255 e. The Morgan fingerprint density at radius 3 is 2.32 bits per heavy atom. The van der Waals surface area contributed by atoms with Gasteiger partial charge >= 0.3 is 0 Å². The summed E-state index contributed by atoms with van der Waals surface area (Å²) in [5.41, 5.74) is -0.970. The summed E-state index contributed by atoms with van der Waals surface area (Å²) in [6.07, 6.45) is 3.22. The first-order chi connectivity index (χ1) is 14.7. The molecule has 0 heterocycles. The molecule has 4 rings (SSSR count). The number of aliphatic hydroxyl groups excluding tert-OH is 1. The highest BCUT2D eigenvalue weighted by Crippen LogP contribution is 2.53. The van der Waals surface area contributed by atoms with E-state index in [1.54, 1.807) is 12.1 Å². The van der Waals surface area contributed by atoms with Crippen LogP contribution in [-0.2, 0) is 0 Å². The Hall–Kier alpha value is -1.74. The van der Waals surface area contributed by atoms with Crippen molar-refractivity contribution < 1.29 is 28.2 Å². The fraction of sp³-hybridized carbons (Fsp3) is 0.409. The number of benzene rings is 2. The van der Waals surface area contributed by atoms with E-state index in [1.165, 1.54) is 17.8 Å². The normalized spacial score (nSPS) is 27.4. The van der Waals surface area contributed by atoms with E-state index < -0.39 is 29.0 Å². The molecule has 2 aliphatic carbocycles. The van der Waals surface area contributed by atoms with Crippen molar-refractivity contribution in [2.45, 2.75) is 41.4 Å². The standard InChI is InChI=1S/C22H21ClF3NO3S/c23-16-4-1-11(21(29)27-14-8-17(24)20(26)18(25)9-14)5-19(16)31-15-6-12-2-3-13(7-15)22(12,30)10-28/h1,4-5,8-9,12-13,15,28,30H,2-3,6-7,10H2,(H,27,29)/t12-,13?,15-,22-/m0/s1. The minimum atomic E-state index is -1.60. The summed E-state index contributed by atoms with van der Waals surface area (Å²) in [4.78, 5) is 13.2. The summed E-state index contributed by atoms with van der Waals surface area (Å²) in [5, 5.41) is 23.4. The zero-order valence-corrected chi connectivity index (χ0v) is 17.9. The fourth-order valence-electron chi connectivity index (χ4n) is 4.71. The summed E-state index contributed by atoms with van der Waals surface area (Å²) < 4.78 is 39.9. The van der Waals surface area contributed by atoms with Crippen LogP contribution in [0.3, 0.4) is 0 Å². The topological polar surface area (TPSA) is 69.6 Å². The van der Waals surface area contributed by atoms with Crippen molar-refractivity contribution in [1.82, 2.24) is 0 Å². The SMILES string of the molecule is O=C(Nc1cc(F)c(F)c(F)c1)c1ccc(Cl)c(S[C@@H]2CC3CC[C@@H](C2)[C@@]3(O)CO)c1. The van der Waals surface area contributed by atoms with E-state index in [0.717, 1.165) is 25.7 Å². The van der Waals surface area contributed by atoms with Crippen molar-refractivity contribution >= 4 is 35.0 Å². The lowest BCUT2D eigenvalue weighted by Gasteiger charge is -2.41. The highest BCUT2D eigenvalue weighted by molar-refractivity contribution is 8.00. The number of carbonyl (C=O) groups is 1. The van der Waals surface area contributed by atoms with E-state index in [1.807, 2.05) is 0 Å². The zero-order chi connectivity index (χ0) is 22.3. The lowest BCUT2D eigenvalue weighted by atomic mass is 9.75. The number of halogens is 4. The second-order valence-corrected chi connectivity index (χ2v) is 9.93. The number of rotatable bonds is 5. The van der Waals surface area contributed by atoms with Crippen LogP contribution in [0.2, 0.25) is 5.02 Å². The molecular weight excluding hydrogens is 451 g/mol. The second-order valence-electron chi connectivity index (χ2n) is 8.19. The Bertz CT molecular complexity index is 984. The second kappa shape index (κ2) is 8.65. The molecule has 2 aromatic carbocycles. The summed E-state index contributed by atoms with van der Waals surface area (Å²) in [6.45, 7) is -0.235. The van der Waals surface area contributed by atoms with Crippen LogP contribution in [0, 0.1) is 29.3 Å². The molecule has 0 radical (unpaired) electrons. The molecule has 0 aliphatic heterocycles. The molecule has 1 amide bonds. The Kier molecular flexibility index (Phi) is 6.27. The quantitative estimate of drug-likeness (QED) is 0.536. The molecule has 166 valence electrons. The van der Waals surface area contributed by atoms with Gasteiger partial charge in [-0.2, -0.15) is 0 Å². The van der Waals surface area contributed by atoms with Gasteiger partial charge in [0.1, 0.15) is 0 Å². The average molecular weight is 472 g/mol. The number of hydrogen-bond donors (Lipinski definition) is 3. The summed E-state index contributed by atoms with van der Waals surface area (Å²) in [5.74, 6) is -4.93. The molecule has 9 heteroatoms. The van der Waals surface area contributed by atoms with Crippen molar-refractivity contribution in [3.8, 4) is 0 Å². The molecule has 2 saturated carbocycles. The van der Waals surface area contributed by atoms with E-state index >= 15 is 0 Å². The first-order valence-corrected chi connectivity index (χ1v) is 11.2. The van der Waals surface area contributed by atoms with E-state index in [2.05, 4.69) is 5.32 Å². The highest BCUT2D eigenvalue weighted by Gasteiger charge is 2.53. The molecule has 2 aliphatic rings. The smallest absolute Gasteiger partial charge is 0.255 e. The van der Waals surface area contributed by atoms with Gasteiger partial charge in [0.25, 0.3) is 5.91 Å². The van der Waals surface area contributed by atoms with E-state index in [9.17, 15) is 28.2 Å². The molecule has 4 atom stereocenters. The van der Waals surface area contributed by atoms with Gasteiger partial charge in [0.2, 0.25) is 0 Å². The number of nitrogens with one attached hydrogen (secondary N) is 1. The van der Waals surface area contributed by atoms with E-state index in [0.29, 0.717) is 22.1 Å². The van der Waals surface area contributed by atoms with Gasteiger partial charge in [0.05, 0.1) is 17.2 Å². The Balaban J connectivity index is 1.48. The predicted molar refractivity (Wildman–Crippen MR) is 113 cm³/mol. The number of carbonyl (C=O) groups excluding carboxylic acids is 1. The first kappa shape index (κ1) is 22.5. The van der Waals surface area contributed by atoms with Crippen LogP contribution in [-0.4, -0.2) is 33.6 Å². The molecule has 31 heavy (non-hydrogen) atoms. The van der Waals surface area contributed by atoms with Crippen LogP contribution in [0.25, 0.3) is 0 Å². The van der Waals surface area contributed by atoms with Gasteiger partial charge in [0.15, 0.2) is 17.5 Å². The van der Waals surface area contributed by atoms with E-state index in [4.69, 9.17) is 11.6 Å². The fourth-order valence-corrected chi connectivity index (χ4v) is 6.35. The third kappa shape index (κ3) is 4.31. The molecular formula is C22H21ClF3NO3S. The third-order valence-corrected chi connectivity index (χ3v) is 8.11. The molecule has 1 unspecified atom stereocenters. The van der Waals surface area contributed by atoms with Crippen molar-refractivity contribution in [2.75, 3.05) is 11.9 Å². The maximum atomic E-state index is 13.4. The summed E-state index contributed by atoms with van der Waals surface area (Å²) in [6, 6.07) is 6.09. The van der Waals surface area contributed by atoms with E-state index in [-0.39, 0.29) is 34.9 Å². The molecule has 0 saturated heterocycles. The average Bonchev–Trinajstić information content (AvgIpc) is 2.90. The first-order valence-electron chi connectivity index (χ1n) is 9.96. The van der Waals surface area contributed by atoms with Gasteiger partial charge in [-0.25, -0.2) is 13.2 Å². The minimum Gasteiger partial charge on any atom is -0.393 e. The molecule has 4 nitrogen and oxygen atoms in total. The van der Waals surface area contributed by atoms with Crippen LogP contribution >= 0.6 is 23.4 Å².